The summed E-state index contributed by atoms with van der Waals surface area (Å²) in [5.41, 5.74) is 0.826. The van der Waals surface area contributed by atoms with Crippen LogP contribution in [0.25, 0.3) is 0 Å². The van der Waals surface area contributed by atoms with Crippen molar-refractivity contribution >= 4 is 11.9 Å². The monoisotopic (exact) mass is 309 g/mol. The van der Waals surface area contributed by atoms with Gasteiger partial charge < -0.3 is 20.1 Å². The summed E-state index contributed by atoms with van der Waals surface area (Å²) in [6, 6.07) is 9.52. The maximum Gasteiger partial charge on any atom is 0.328 e. The predicted octanol–water partition coefficient (Wildman–Crippen LogP) is 0.505. The van der Waals surface area contributed by atoms with Crippen molar-refractivity contribution in [2.24, 2.45) is 0 Å². The summed E-state index contributed by atoms with van der Waals surface area (Å²) in [5.74, 6) is -3.64. The molecule has 0 radical (unpaired) electrons. The Balaban J connectivity index is 0.000000261. The molecule has 1 unspecified atom stereocenters. The summed E-state index contributed by atoms with van der Waals surface area (Å²) < 4.78 is 5.44. The van der Waals surface area contributed by atoms with Crippen LogP contribution >= 0.6 is 0 Å². The molecule has 7 heteroatoms. The highest BCUT2D eigenvalue weighted by Crippen LogP contribution is 2.25. The number of aliphatic carboxylic acids is 2. The topological polar surface area (TPSA) is 107 Å². The molecular formula is C15H19NO6. The van der Waals surface area contributed by atoms with Crippen molar-refractivity contribution in [3.05, 3.63) is 48.0 Å². The van der Waals surface area contributed by atoms with E-state index in [4.69, 9.17) is 14.9 Å². The number of benzene rings is 1. The van der Waals surface area contributed by atoms with E-state index in [9.17, 15) is 14.7 Å². The van der Waals surface area contributed by atoms with Crippen LogP contribution in [0.3, 0.4) is 0 Å². The van der Waals surface area contributed by atoms with Gasteiger partial charge in [0.1, 0.15) is 0 Å². The molecule has 1 aromatic rings. The average molecular weight is 309 g/mol. The molecule has 0 aliphatic carbocycles. The van der Waals surface area contributed by atoms with Crippen LogP contribution in [0.4, 0.5) is 0 Å². The molecule has 0 saturated carbocycles. The van der Waals surface area contributed by atoms with Crippen LogP contribution in [0.1, 0.15) is 5.56 Å². The minimum atomic E-state index is -1.26. The van der Waals surface area contributed by atoms with E-state index in [-0.39, 0.29) is 0 Å². The van der Waals surface area contributed by atoms with Gasteiger partial charge in [-0.2, -0.15) is 0 Å². The van der Waals surface area contributed by atoms with Gasteiger partial charge >= 0.3 is 11.9 Å². The van der Waals surface area contributed by atoms with Gasteiger partial charge in [-0.3, -0.25) is 4.90 Å². The van der Waals surface area contributed by atoms with Crippen LogP contribution in [0.5, 0.6) is 0 Å². The van der Waals surface area contributed by atoms with E-state index in [0.717, 1.165) is 12.1 Å². The maximum atomic E-state index is 10.2. The summed E-state index contributed by atoms with van der Waals surface area (Å²) in [5, 5.41) is 25.9. The highest BCUT2D eigenvalue weighted by molar-refractivity contribution is 5.89. The number of likely N-dealkylation sites (N-methyl/N-ethyl adjacent to an activating group) is 1. The van der Waals surface area contributed by atoms with Gasteiger partial charge in [-0.1, -0.05) is 30.3 Å². The van der Waals surface area contributed by atoms with Crippen molar-refractivity contribution in [2.45, 2.75) is 5.79 Å². The van der Waals surface area contributed by atoms with Gasteiger partial charge in [0, 0.05) is 24.3 Å². The summed E-state index contributed by atoms with van der Waals surface area (Å²) in [6.07, 6.45) is 1.12. The Morgan fingerprint density at radius 2 is 1.73 bits per heavy atom. The fourth-order valence-corrected chi connectivity index (χ4v) is 1.88. The smallest absolute Gasteiger partial charge is 0.328 e. The zero-order valence-corrected chi connectivity index (χ0v) is 12.2. The number of nitrogens with zero attached hydrogens (tertiary/aromatic N) is 1. The molecule has 0 amide bonds. The second-order valence-electron chi connectivity index (χ2n) is 4.75. The van der Waals surface area contributed by atoms with Gasteiger partial charge in [-0.15, -0.1) is 0 Å². The van der Waals surface area contributed by atoms with Crippen LogP contribution in [-0.4, -0.2) is 58.9 Å². The minimum Gasteiger partial charge on any atom is -0.478 e. The first-order valence-electron chi connectivity index (χ1n) is 6.58. The van der Waals surface area contributed by atoms with Gasteiger partial charge in [0.25, 0.3) is 0 Å². The van der Waals surface area contributed by atoms with Crippen LogP contribution < -0.4 is 0 Å². The molecule has 7 nitrogen and oxygen atoms in total. The molecule has 0 bridgehead atoms. The molecule has 1 saturated heterocycles. The second-order valence-corrected chi connectivity index (χ2v) is 4.75. The summed E-state index contributed by atoms with van der Waals surface area (Å²) in [7, 11) is 1.98. The predicted molar refractivity (Wildman–Crippen MR) is 78.2 cm³/mol. The first-order chi connectivity index (χ1) is 10.3. The maximum absolute atomic E-state index is 10.2. The first kappa shape index (κ1) is 17.8. The number of rotatable bonds is 3. The highest BCUT2D eigenvalue weighted by atomic mass is 16.6. The number of ether oxygens (including phenoxy) is 1. The van der Waals surface area contributed by atoms with Crippen LogP contribution in [-0.2, 0) is 20.1 Å². The fourth-order valence-electron chi connectivity index (χ4n) is 1.88. The Hall–Kier alpha value is -2.22. The molecule has 2 rings (SSSR count). The van der Waals surface area contributed by atoms with Gasteiger partial charge in [-0.05, 0) is 7.05 Å². The molecule has 1 heterocycles. The Bertz CT molecular complexity index is 514. The van der Waals surface area contributed by atoms with Crippen molar-refractivity contribution in [2.75, 3.05) is 26.7 Å². The standard InChI is InChI=1S/C11H15NO2.C4H4O4/c1-12-7-8-14-11(13,9-12)10-5-3-2-4-6-10;5-3(6)1-2-4(7)8/h2-6,13H,7-9H2,1H3;1-2H,(H,5,6)(H,7,8)/b;2-1+. The molecular weight excluding hydrogens is 290 g/mol. The molecule has 0 aromatic heterocycles. The van der Waals surface area contributed by atoms with Crippen LogP contribution in [0.2, 0.25) is 0 Å². The lowest BCUT2D eigenvalue weighted by molar-refractivity contribution is -0.245. The lowest BCUT2D eigenvalue weighted by atomic mass is 10.0. The summed E-state index contributed by atoms with van der Waals surface area (Å²) in [6.45, 7) is 1.97. The quantitative estimate of drug-likeness (QED) is 0.698. The van der Waals surface area contributed by atoms with Crippen molar-refractivity contribution in [1.82, 2.24) is 4.90 Å². The van der Waals surface area contributed by atoms with E-state index < -0.39 is 17.7 Å². The fraction of sp³-hybridized carbons (Fsp3) is 0.333. The third-order valence-electron chi connectivity index (χ3n) is 2.89. The molecule has 1 fully saturated rings. The molecule has 3 N–H and O–H groups in total. The highest BCUT2D eigenvalue weighted by Gasteiger charge is 2.34. The normalized spacial score (nSPS) is 21.9. The number of aliphatic hydroxyl groups is 1. The number of hydrogen-bond donors (Lipinski definition) is 3. The lowest BCUT2D eigenvalue weighted by Gasteiger charge is -2.37. The minimum absolute atomic E-state index is 0.525. The van der Waals surface area contributed by atoms with Gasteiger partial charge in [0.15, 0.2) is 0 Å². The number of β-amino-alcohol motifs (C(OH)–C–C–N with tert-alkyl or cyclic N) is 1. The number of carboxylic acids is 2. The Morgan fingerprint density at radius 3 is 2.18 bits per heavy atom. The molecule has 1 aromatic carbocycles. The average Bonchev–Trinajstić information content (AvgIpc) is 2.46. The van der Waals surface area contributed by atoms with E-state index in [1.165, 1.54) is 0 Å². The molecule has 0 spiro atoms. The molecule has 1 aliphatic heterocycles. The van der Waals surface area contributed by atoms with Crippen molar-refractivity contribution in [3.8, 4) is 0 Å². The van der Waals surface area contributed by atoms with Gasteiger partial charge in [0.05, 0.1) is 13.2 Å². The van der Waals surface area contributed by atoms with Crippen LogP contribution in [0, 0.1) is 0 Å². The van der Waals surface area contributed by atoms with E-state index in [1.54, 1.807) is 0 Å². The third kappa shape index (κ3) is 6.04. The molecule has 120 valence electrons. The Morgan fingerprint density at radius 1 is 1.18 bits per heavy atom. The molecule has 22 heavy (non-hydrogen) atoms. The first-order valence-corrected chi connectivity index (χ1v) is 6.58. The van der Waals surface area contributed by atoms with Crippen molar-refractivity contribution < 1.29 is 29.6 Å². The SMILES string of the molecule is CN1CCOC(O)(c2ccccc2)C1.O=C(O)/C=C/C(=O)O. The van der Waals surface area contributed by atoms with Gasteiger partial charge in [-0.25, -0.2) is 9.59 Å². The van der Waals surface area contributed by atoms with Crippen molar-refractivity contribution in [1.29, 1.82) is 0 Å². The number of morpholine rings is 1. The van der Waals surface area contributed by atoms with Crippen LogP contribution in [0.15, 0.2) is 42.5 Å². The molecule has 1 atom stereocenters. The van der Waals surface area contributed by atoms with Crippen molar-refractivity contribution in [3.63, 3.8) is 0 Å². The summed E-state index contributed by atoms with van der Waals surface area (Å²) in [4.78, 5) is 21.2. The van der Waals surface area contributed by atoms with E-state index >= 15 is 0 Å². The number of carboxylic acid groups (broad SMARTS) is 2. The van der Waals surface area contributed by atoms with E-state index in [2.05, 4.69) is 4.90 Å². The Kier molecular flexibility index (Phi) is 6.71. The Labute approximate surface area is 128 Å². The second kappa shape index (κ2) is 8.28. The van der Waals surface area contributed by atoms with E-state index in [1.807, 2.05) is 37.4 Å². The zero-order valence-electron chi connectivity index (χ0n) is 12.2. The van der Waals surface area contributed by atoms with Gasteiger partial charge in [0.2, 0.25) is 5.79 Å². The lowest BCUT2D eigenvalue weighted by Crippen LogP contribution is -2.48. The molecule has 1 aliphatic rings. The third-order valence-corrected chi connectivity index (χ3v) is 2.89. The zero-order chi connectivity index (χ0) is 16.6. The largest absolute Gasteiger partial charge is 0.478 e. The van der Waals surface area contributed by atoms with E-state index in [0.29, 0.717) is 25.3 Å². The number of hydrogen-bond acceptors (Lipinski definition) is 5. The number of carbonyl (C=O) groups is 2. The summed E-state index contributed by atoms with van der Waals surface area (Å²) >= 11 is 0.